The van der Waals surface area contributed by atoms with Crippen molar-refractivity contribution < 1.29 is 57.8 Å². The van der Waals surface area contributed by atoms with Crippen molar-refractivity contribution in [3.63, 3.8) is 0 Å². The van der Waals surface area contributed by atoms with Crippen LogP contribution >= 0.6 is 0 Å². The second kappa shape index (κ2) is 12.0. The second-order valence-electron chi connectivity index (χ2n) is 15.0. The molecule has 15 atom stereocenters. The molecule has 6 aliphatic rings. The van der Waals surface area contributed by atoms with Crippen molar-refractivity contribution in [3.05, 3.63) is 35.9 Å². The van der Waals surface area contributed by atoms with Gasteiger partial charge in [0.15, 0.2) is 5.60 Å². The van der Waals surface area contributed by atoms with Crippen LogP contribution in [0.4, 0.5) is 0 Å². The topological polar surface area (TPSA) is 160 Å². The predicted molar refractivity (Wildman–Crippen MR) is 170 cm³/mol. The van der Waals surface area contributed by atoms with Crippen molar-refractivity contribution in [1.82, 2.24) is 4.90 Å². The Labute approximate surface area is 286 Å². The van der Waals surface area contributed by atoms with E-state index in [1.54, 1.807) is 51.7 Å². The van der Waals surface area contributed by atoms with Crippen LogP contribution in [-0.4, -0.2) is 135 Å². The van der Waals surface area contributed by atoms with Gasteiger partial charge in [-0.15, -0.1) is 0 Å². The normalized spacial score (nSPS) is 47.4. The van der Waals surface area contributed by atoms with Gasteiger partial charge in [-0.3, -0.25) is 14.5 Å². The number of fused-ring (bicyclic) bond motifs is 2. The first-order valence-corrected chi connectivity index (χ1v) is 17.2. The Kier molecular flexibility index (Phi) is 8.49. The lowest BCUT2D eigenvalue weighted by Gasteiger charge is -2.70. The maximum Gasteiger partial charge on any atom is 0.338 e. The molecule has 0 amide bonds. The maximum absolute atomic E-state index is 13.8. The van der Waals surface area contributed by atoms with Gasteiger partial charge in [-0.2, -0.15) is 0 Å². The fourth-order valence-corrected chi connectivity index (χ4v) is 12.7. The number of hydrogen-bond acceptors (Lipinski definition) is 13. The summed E-state index contributed by atoms with van der Waals surface area (Å²) in [6, 6.07) is 8.12. The van der Waals surface area contributed by atoms with Crippen molar-refractivity contribution in [2.75, 3.05) is 48.1 Å². The zero-order chi connectivity index (χ0) is 35.3. The Morgan fingerprint density at radius 2 is 1.63 bits per heavy atom. The minimum Gasteiger partial charge on any atom is -0.462 e. The number of hydrogen-bond donors (Lipinski definition) is 2. The first kappa shape index (κ1) is 34.8. The molecule has 1 aromatic rings. The summed E-state index contributed by atoms with van der Waals surface area (Å²) in [7, 11) is 6.25. The number of carbonyl (C=O) groups excluding carboxylic acids is 3. The van der Waals surface area contributed by atoms with Gasteiger partial charge in [0.1, 0.15) is 30.0 Å². The van der Waals surface area contributed by atoms with Crippen molar-refractivity contribution in [2.45, 2.75) is 87.5 Å². The molecule has 1 heterocycles. The van der Waals surface area contributed by atoms with Crippen LogP contribution in [0.25, 0.3) is 0 Å². The van der Waals surface area contributed by atoms with Crippen LogP contribution in [0.3, 0.4) is 0 Å². The minimum atomic E-state index is -1.86. The lowest BCUT2D eigenvalue weighted by molar-refractivity contribution is -0.322. The van der Waals surface area contributed by atoms with E-state index in [1.807, 2.05) is 6.92 Å². The molecule has 6 fully saturated rings. The van der Waals surface area contributed by atoms with Crippen LogP contribution in [-0.2, 0) is 42.7 Å². The van der Waals surface area contributed by atoms with Crippen LogP contribution in [0.2, 0.25) is 0 Å². The van der Waals surface area contributed by atoms with Crippen LogP contribution in [0.15, 0.2) is 30.3 Å². The molecule has 0 aromatic heterocycles. The maximum atomic E-state index is 13.8. The molecule has 7 bridgehead atoms. The summed E-state index contributed by atoms with van der Waals surface area (Å²) in [5.74, 6) is -4.24. The summed E-state index contributed by atoms with van der Waals surface area (Å²) in [6.45, 7) is 5.99. The molecular formula is C36H49NO12. The van der Waals surface area contributed by atoms with Crippen molar-refractivity contribution in [2.24, 2.45) is 34.5 Å². The summed E-state index contributed by atoms with van der Waals surface area (Å²) in [4.78, 5) is 42.2. The number of rotatable bonds is 10. The molecular weight excluding hydrogens is 638 g/mol. The summed E-state index contributed by atoms with van der Waals surface area (Å²) >= 11 is 0. The van der Waals surface area contributed by atoms with Gasteiger partial charge in [-0.25, -0.2) is 4.79 Å². The molecule has 13 nitrogen and oxygen atoms in total. The number of aliphatic hydroxyl groups is 2. The molecule has 1 aliphatic heterocycles. The highest BCUT2D eigenvalue weighted by molar-refractivity contribution is 5.89. The number of esters is 3. The number of likely N-dealkylation sites (tertiary alicyclic amines) is 1. The van der Waals surface area contributed by atoms with E-state index in [1.165, 1.54) is 21.0 Å². The Bertz CT molecular complexity index is 1480. The number of aliphatic hydroxyl groups excluding tert-OH is 1. The molecule has 270 valence electrons. The SMILES string of the molecule is CCN1C[C@@]2(COC)[C@@H](OC(C)=O)C[C@@H](OC)[C@@]34C1[C@@H]([C@@H](OC)[C@@H]23)[C@@]1(OC(C)=O)[C@@H]2[C@H](OC(=O)c3ccccc3)[C@](O)(C[C@@H]24)[C@H](OC)[C@H]1O. The average molecular weight is 688 g/mol. The molecule has 0 radical (unpaired) electrons. The van der Waals surface area contributed by atoms with Gasteiger partial charge < -0.3 is 43.4 Å². The van der Waals surface area contributed by atoms with E-state index in [0.717, 1.165) is 0 Å². The monoisotopic (exact) mass is 687 g/mol. The van der Waals surface area contributed by atoms with E-state index in [-0.39, 0.29) is 24.6 Å². The third kappa shape index (κ3) is 4.21. The van der Waals surface area contributed by atoms with Gasteiger partial charge in [-0.1, -0.05) is 25.1 Å². The molecule has 2 N–H and O–H groups in total. The van der Waals surface area contributed by atoms with Gasteiger partial charge in [0.2, 0.25) is 0 Å². The van der Waals surface area contributed by atoms with E-state index in [2.05, 4.69) is 4.90 Å². The average Bonchev–Trinajstić information content (AvgIpc) is 3.44. The molecule has 5 saturated carbocycles. The molecule has 1 unspecified atom stereocenters. The van der Waals surface area contributed by atoms with Gasteiger partial charge in [0.05, 0.1) is 24.4 Å². The first-order valence-electron chi connectivity index (χ1n) is 17.2. The first-order chi connectivity index (χ1) is 23.4. The van der Waals surface area contributed by atoms with E-state index < -0.39 is 100 Å². The van der Waals surface area contributed by atoms with E-state index in [0.29, 0.717) is 19.5 Å². The Morgan fingerprint density at radius 1 is 0.918 bits per heavy atom. The molecule has 1 aromatic carbocycles. The van der Waals surface area contributed by atoms with Crippen LogP contribution in [0.5, 0.6) is 0 Å². The van der Waals surface area contributed by atoms with Crippen LogP contribution < -0.4 is 0 Å². The van der Waals surface area contributed by atoms with E-state index in [9.17, 15) is 24.6 Å². The Hall–Kier alpha value is -2.65. The Morgan fingerprint density at radius 3 is 2.20 bits per heavy atom. The zero-order valence-electron chi connectivity index (χ0n) is 29.2. The number of piperidine rings is 1. The number of methoxy groups -OCH3 is 4. The van der Waals surface area contributed by atoms with Crippen molar-refractivity contribution >= 4 is 17.9 Å². The highest BCUT2D eigenvalue weighted by Crippen LogP contribution is 2.80. The minimum absolute atomic E-state index is 0.0534. The predicted octanol–water partition coefficient (Wildman–Crippen LogP) is 1.22. The second-order valence-corrected chi connectivity index (χ2v) is 15.0. The molecule has 49 heavy (non-hydrogen) atoms. The number of ether oxygens (including phenoxy) is 7. The molecule has 7 rings (SSSR count). The summed E-state index contributed by atoms with van der Waals surface area (Å²) in [5, 5.41) is 25.5. The number of benzene rings is 1. The summed E-state index contributed by atoms with van der Waals surface area (Å²) < 4.78 is 43.9. The zero-order valence-corrected chi connectivity index (χ0v) is 29.2. The molecule has 13 heteroatoms. The van der Waals surface area contributed by atoms with Gasteiger partial charge in [-0.05, 0) is 31.0 Å². The molecule has 5 aliphatic carbocycles. The Balaban J connectivity index is 1.53. The third-order valence-electron chi connectivity index (χ3n) is 13.4. The van der Waals surface area contributed by atoms with Gasteiger partial charge in [0.25, 0.3) is 0 Å². The fourth-order valence-electron chi connectivity index (χ4n) is 12.7. The lowest BCUT2D eigenvalue weighted by atomic mass is 9.42. The quantitative estimate of drug-likeness (QED) is 0.267. The lowest BCUT2D eigenvalue weighted by Crippen LogP contribution is -2.81. The van der Waals surface area contributed by atoms with E-state index in [4.69, 9.17) is 33.2 Å². The van der Waals surface area contributed by atoms with Crippen LogP contribution in [0.1, 0.15) is 44.0 Å². The van der Waals surface area contributed by atoms with Crippen molar-refractivity contribution in [3.8, 4) is 0 Å². The standard InChI is InChI=1S/C36H49NO12/c1-8-37-16-33(17-43-4)22(47-18(2)38)14-23(44-5)35-21-15-34(42)30(48-32(41)20-12-10-9-11-13-20)24(21)36(49-19(3)39,29(40)31(34)46-7)25(28(35)37)26(45-6)27(33)35/h9-13,21-31,40,42H,8,14-17H2,1-7H3/t21-,22-,23+,24-,25+,26+,27-,28?,29+,30-,31+,33+,34+,35+,36-/m0/s1. The van der Waals surface area contributed by atoms with Crippen molar-refractivity contribution in [1.29, 1.82) is 0 Å². The van der Waals surface area contributed by atoms with Gasteiger partial charge in [0, 0.05) is 89.9 Å². The summed E-state index contributed by atoms with van der Waals surface area (Å²) in [5.41, 5.74) is -4.92. The van der Waals surface area contributed by atoms with E-state index >= 15 is 0 Å². The third-order valence-corrected chi connectivity index (χ3v) is 13.4. The fraction of sp³-hybridized carbons (Fsp3) is 0.750. The molecule has 1 saturated heterocycles. The molecule has 1 spiro atoms. The number of carbonyl (C=O) groups is 3. The highest BCUT2D eigenvalue weighted by atomic mass is 16.6. The van der Waals surface area contributed by atoms with Gasteiger partial charge >= 0.3 is 17.9 Å². The highest BCUT2D eigenvalue weighted by Gasteiger charge is 2.92. The smallest absolute Gasteiger partial charge is 0.338 e. The van der Waals surface area contributed by atoms with Crippen LogP contribution in [0, 0.1) is 34.5 Å². The largest absolute Gasteiger partial charge is 0.462 e. The summed E-state index contributed by atoms with van der Waals surface area (Å²) in [6.07, 6.45) is -5.45. The number of nitrogens with zero attached hydrogens (tertiary/aromatic N) is 1.